The number of cyclic esters (lactones) is 1. The first-order valence-corrected chi connectivity index (χ1v) is 9.88. The van der Waals surface area contributed by atoms with E-state index >= 15 is 0 Å². The van der Waals surface area contributed by atoms with Gasteiger partial charge in [-0.2, -0.15) is 4.98 Å². The summed E-state index contributed by atoms with van der Waals surface area (Å²) in [5, 5.41) is 5.63. The number of alkyl halides is 2. The van der Waals surface area contributed by atoms with E-state index in [0.717, 1.165) is 5.56 Å². The number of nitrogens with zero attached hydrogens (tertiary/aromatic N) is 3. The number of hydrogen-bond acceptors (Lipinski definition) is 6. The van der Waals surface area contributed by atoms with Crippen molar-refractivity contribution in [2.24, 2.45) is 11.8 Å². The summed E-state index contributed by atoms with van der Waals surface area (Å²) in [6.45, 7) is 2.03. The van der Waals surface area contributed by atoms with E-state index in [4.69, 9.17) is 16.3 Å². The summed E-state index contributed by atoms with van der Waals surface area (Å²) in [6, 6.07) is -0.391. The molecular formula is C18H23ClFN5O3. The third-order valence-corrected chi connectivity index (χ3v) is 6.39. The van der Waals surface area contributed by atoms with Gasteiger partial charge >= 0.3 is 6.09 Å². The summed E-state index contributed by atoms with van der Waals surface area (Å²) in [5.74, 6) is 0.585. The van der Waals surface area contributed by atoms with Gasteiger partial charge in [-0.1, -0.05) is 0 Å². The third kappa shape index (κ3) is 3.47. The molecule has 2 N–H and O–H groups in total. The number of aromatic nitrogens is 2. The van der Waals surface area contributed by atoms with Crippen LogP contribution in [0.3, 0.4) is 0 Å². The van der Waals surface area contributed by atoms with Crippen LogP contribution in [-0.4, -0.2) is 52.6 Å². The second-order valence-corrected chi connectivity index (χ2v) is 8.37. The number of piperidine rings is 1. The SMILES string of the molecule is C[C@@H](Nc1ncc2c(n1)N(C)C(=O)OC2)C1CC2CC(Cl)C(F)CC2NC1=O. The van der Waals surface area contributed by atoms with E-state index in [1.807, 2.05) is 6.92 Å². The van der Waals surface area contributed by atoms with Crippen molar-refractivity contribution >= 4 is 35.4 Å². The molecule has 2 aliphatic heterocycles. The quantitative estimate of drug-likeness (QED) is 0.740. The average Bonchev–Trinajstić information content (AvgIpc) is 2.66. The molecule has 5 unspecified atom stereocenters. The predicted molar refractivity (Wildman–Crippen MR) is 101 cm³/mol. The number of ether oxygens (including phenoxy) is 1. The Hall–Kier alpha value is -2.16. The molecule has 1 aliphatic carbocycles. The second kappa shape index (κ2) is 7.35. The van der Waals surface area contributed by atoms with Crippen LogP contribution in [0, 0.1) is 11.8 Å². The molecule has 6 atom stereocenters. The number of carbonyl (C=O) groups is 2. The van der Waals surface area contributed by atoms with E-state index < -0.39 is 17.6 Å². The van der Waals surface area contributed by atoms with Gasteiger partial charge in [0.05, 0.1) is 16.9 Å². The van der Waals surface area contributed by atoms with Crippen molar-refractivity contribution in [1.29, 1.82) is 0 Å². The Kier molecular flexibility index (Phi) is 5.03. The van der Waals surface area contributed by atoms with Gasteiger partial charge in [0.1, 0.15) is 18.6 Å². The van der Waals surface area contributed by atoms with Crippen molar-refractivity contribution in [2.45, 2.75) is 56.4 Å². The van der Waals surface area contributed by atoms with Crippen molar-refractivity contribution in [1.82, 2.24) is 15.3 Å². The molecule has 2 amide bonds. The summed E-state index contributed by atoms with van der Waals surface area (Å²) >= 11 is 6.11. The van der Waals surface area contributed by atoms with Gasteiger partial charge in [0.15, 0.2) is 0 Å². The van der Waals surface area contributed by atoms with Crippen LogP contribution in [-0.2, 0) is 16.1 Å². The average molecular weight is 412 g/mol. The minimum Gasteiger partial charge on any atom is -0.444 e. The van der Waals surface area contributed by atoms with Gasteiger partial charge in [0, 0.05) is 31.7 Å². The molecule has 4 rings (SSSR count). The Morgan fingerprint density at radius 3 is 2.96 bits per heavy atom. The van der Waals surface area contributed by atoms with Gasteiger partial charge < -0.3 is 15.4 Å². The molecule has 0 bridgehead atoms. The molecule has 2 fully saturated rings. The summed E-state index contributed by atoms with van der Waals surface area (Å²) in [5.41, 5.74) is 0.717. The van der Waals surface area contributed by atoms with Gasteiger partial charge in [-0.05, 0) is 25.7 Å². The lowest BCUT2D eigenvalue weighted by molar-refractivity contribution is -0.130. The molecule has 152 valence electrons. The molecule has 10 heteroatoms. The first kappa shape index (κ1) is 19.2. The van der Waals surface area contributed by atoms with E-state index in [-0.39, 0.29) is 42.9 Å². The van der Waals surface area contributed by atoms with Crippen LogP contribution in [0.5, 0.6) is 0 Å². The fourth-order valence-electron chi connectivity index (χ4n) is 4.26. The first-order chi connectivity index (χ1) is 13.3. The van der Waals surface area contributed by atoms with E-state index in [1.165, 1.54) is 4.90 Å². The Bertz CT molecular complexity index is 796. The number of fused-ring (bicyclic) bond motifs is 2. The van der Waals surface area contributed by atoms with Crippen molar-refractivity contribution in [3.05, 3.63) is 11.8 Å². The number of carbonyl (C=O) groups excluding carboxylic acids is 2. The molecule has 28 heavy (non-hydrogen) atoms. The van der Waals surface area contributed by atoms with Gasteiger partial charge in [-0.25, -0.2) is 14.2 Å². The van der Waals surface area contributed by atoms with E-state index in [9.17, 15) is 14.0 Å². The number of halogens is 2. The van der Waals surface area contributed by atoms with Crippen LogP contribution in [0.25, 0.3) is 0 Å². The molecule has 0 spiro atoms. The third-order valence-electron chi connectivity index (χ3n) is 5.93. The fourth-order valence-corrected chi connectivity index (χ4v) is 4.59. The molecule has 0 radical (unpaired) electrons. The Balaban J connectivity index is 1.46. The van der Waals surface area contributed by atoms with Crippen LogP contribution in [0.15, 0.2) is 6.20 Å². The molecule has 1 saturated heterocycles. The van der Waals surface area contributed by atoms with Crippen molar-refractivity contribution < 1.29 is 18.7 Å². The molecule has 1 aromatic rings. The van der Waals surface area contributed by atoms with Crippen LogP contribution in [0.1, 0.15) is 31.7 Å². The Morgan fingerprint density at radius 1 is 1.39 bits per heavy atom. The highest BCUT2D eigenvalue weighted by atomic mass is 35.5. The van der Waals surface area contributed by atoms with Crippen molar-refractivity contribution in [2.75, 3.05) is 17.3 Å². The summed E-state index contributed by atoms with van der Waals surface area (Å²) < 4.78 is 18.9. The zero-order valence-corrected chi connectivity index (χ0v) is 16.4. The predicted octanol–water partition coefficient (Wildman–Crippen LogP) is 2.22. The summed E-state index contributed by atoms with van der Waals surface area (Å²) in [6.07, 6.45) is 1.52. The number of anilines is 2. The fraction of sp³-hybridized carbons (Fsp3) is 0.667. The number of nitrogens with one attached hydrogen (secondary N) is 2. The number of amides is 2. The normalized spacial score (nSPS) is 33.3. The smallest absolute Gasteiger partial charge is 0.415 e. The highest BCUT2D eigenvalue weighted by Gasteiger charge is 2.44. The highest BCUT2D eigenvalue weighted by Crippen LogP contribution is 2.38. The molecule has 8 nitrogen and oxygen atoms in total. The van der Waals surface area contributed by atoms with Crippen LogP contribution >= 0.6 is 11.6 Å². The number of rotatable bonds is 3. The monoisotopic (exact) mass is 411 g/mol. The topological polar surface area (TPSA) is 96.5 Å². The Labute approximate surface area is 167 Å². The lowest BCUT2D eigenvalue weighted by Gasteiger charge is -2.43. The second-order valence-electron chi connectivity index (χ2n) is 7.81. The molecule has 1 aromatic heterocycles. The summed E-state index contributed by atoms with van der Waals surface area (Å²) in [7, 11) is 1.58. The molecular weight excluding hydrogens is 389 g/mol. The van der Waals surface area contributed by atoms with Crippen molar-refractivity contribution in [3.8, 4) is 0 Å². The van der Waals surface area contributed by atoms with Gasteiger partial charge in [0.25, 0.3) is 0 Å². The van der Waals surface area contributed by atoms with Gasteiger partial charge in [0.2, 0.25) is 11.9 Å². The lowest BCUT2D eigenvalue weighted by atomic mass is 9.73. The maximum atomic E-state index is 13.9. The molecule has 3 aliphatic rings. The molecule has 3 heterocycles. The van der Waals surface area contributed by atoms with E-state index in [2.05, 4.69) is 20.6 Å². The van der Waals surface area contributed by atoms with Crippen LogP contribution in [0.2, 0.25) is 0 Å². The van der Waals surface area contributed by atoms with Crippen LogP contribution < -0.4 is 15.5 Å². The Morgan fingerprint density at radius 2 is 2.18 bits per heavy atom. The number of hydrogen-bond donors (Lipinski definition) is 2. The zero-order valence-electron chi connectivity index (χ0n) is 15.7. The first-order valence-electron chi connectivity index (χ1n) is 9.45. The minimum atomic E-state index is -1.08. The highest BCUT2D eigenvalue weighted by molar-refractivity contribution is 6.21. The van der Waals surface area contributed by atoms with E-state index in [1.54, 1.807) is 13.2 Å². The largest absolute Gasteiger partial charge is 0.444 e. The zero-order chi connectivity index (χ0) is 20.0. The lowest BCUT2D eigenvalue weighted by Crippen LogP contribution is -2.56. The minimum absolute atomic E-state index is 0.0971. The van der Waals surface area contributed by atoms with Gasteiger partial charge in [-0.3, -0.25) is 9.69 Å². The molecule has 1 saturated carbocycles. The van der Waals surface area contributed by atoms with Crippen LogP contribution in [0.4, 0.5) is 21.0 Å². The van der Waals surface area contributed by atoms with Crippen molar-refractivity contribution in [3.63, 3.8) is 0 Å². The maximum Gasteiger partial charge on any atom is 0.415 e. The summed E-state index contributed by atoms with van der Waals surface area (Å²) in [4.78, 5) is 34.3. The standard InChI is InChI=1S/C18H23ClFN5O3/c1-8(11-3-9-4-12(19)13(20)5-14(9)23-16(11)26)22-17-21-6-10-7-28-18(27)25(2)15(10)24-17/h6,8-9,11-14H,3-5,7H2,1-2H3,(H,23,26)(H,21,22,24)/t8-,9?,11?,12?,13?,14?/m1/s1. The maximum absolute atomic E-state index is 13.9. The van der Waals surface area contributed by atoms with E-state index in [0.29, 0.717) is 24.6 Å². The molecule has 0 aromatic carbocycles. The van der Waals surface area contributed by atoms with Gasteiger partial charge in [-0.15, -0.1) is 11.6 Å².